The molecule has 1 aromatic heterocycles. The van der Waals surface area contributed by atoms with Crippen molar-refractivity contribution in [3.8, 4) is 0 Å². The van der Waals surface area contributed by atoms with Crippen molar-refractivity contribution >= 4 is 23.9 Å². The van der Waals surface area contributed by atoms with Crippen LogP contribution in [-0.4, -0.2) is 28.3 Å². The molecule has 5 heteroatoms. The van der Waals surface area contributed by atoms with Crippen molar-refractivity contribution in [1.29, 1.82) is 0 Å². The Bertz CT molecular complexity index is 542. The van der Waals surface area contributed by atoms with Gasteiger partial charge in [-0.05, 0) is 39.8 Å². The van der Waals surface area contributed by atoms with Gasteiger partial charge in [-0.15, -0.1) is 0 Å². The monoisotopic (exact) mass is 244 g/mol. The van der Waals surface area contributed by atoms with Crippen LogP contribution in [0.2, 0.25) is 0 Å². The molecule has 3 rings (SSSR count). The summed E-state index contributed by atoms with van der Waals surface area (Å²) in [5.41, 5.74) is 1.99. The number of benzene rings is 1. The Kier molecular flexibility index (Phi) is 2.34. The molecule has 0 atom stereocenters. The van der Waals surface area contributed by atoms with Gasteiger partial charge in [-0.1, -0.05) is 12.1 Å². The Morgan fingerprint density at radius 3 is 2.28 bits per heavy atom. The number of hydrogen-bond acceptors (Lipinski definition) is 3. The lowest BCUT2D eigenvalue weighted by Gasteiger charge is -2.32. The Labute approximate surface area is 107 Å². The highest BCUT2D eigenvalue weighted by Gasteiger charge is 2.53. The van der Waals surface area contributed by atoms with E-state index in [1.165, 1.54) is 0 Å². The molecule has 1 aromatic carbocycles. The molecule has 0 bridgehead atoms. The zero-order valence-corrected chi connectivity index (χ0v) is 11.2. The third-order valence-electron chi connectivity index (χ3n) is 3.88. The lowest BCUT2D eigenvalue weighted by Crippen LogP contribution is -2.41. The maximum absolute atomic E-state index is 5.96. The standard InChI is InChI=1S/C13H17BN2O2/c1-12(2)13(3,4)18-14(17-12)11-15-9-7-5-6-8-10(9)16-11/h5-8H,1-4H3,(H,15,16). The van der Waals surface area contributed by atoms with Crippen molar-refractivity contribution in [2.75, 3.05) is 0 Å². The molecule has 2 aromatic rings. The van der Waals surface area contributed by atoms with Crippen molar-refractivity contribution in [3.63, 3.8) is 0 Å². The summed E-state index contributed by atoms with van der Waals surface area (Å²) in [6, 6.07) is 7.92. The van der Waals surface area contributed by atoms with Gasteiger partial charge in [-0.3, -0.25) is 0 Å². The van der Waals surface area contributed by atoms with E-state index < -0.39 is 7.12 Å². The first-order valence-corrected chi connectivity index (χ1v) is 6.19. The second kappa shape index (κ2) is 3.59. The highest BCUT2D eigenvalue weighted by atomic mass is 16.7. The van der Waals surface area contributed by atoms with Crippen molar-refractivity contribution in [2.45, 2.75) is 38.9 Å². The first kappa shape index (κ1) is 11.7. The fourth-order valence-corrected chi connectivity index (χ4v) is 2.04. The van der Waals surface area contributed by atoms with Crippen molar-refractivity contribution in [2.24, 2.45) is 0 Å². The van der Waals surface area contributed by atoms with Crippen molar-refractivity contribution < 1.29 is 9.31 Å². The molecule has 0 amide bonds. The van der Waals surface area contributed by atoms with E-state index in [2.05, 4.69) is 9.97 Å². The number of aromatic amines is 1. The summed E-state index contributed by atoms with van der Waals surface area (Å²) in [5, 5.41) is 0. The molecule has 0 aliphatic carbocycles. The summed E-state index contributed by atoms with van der Waals surface area (Å²) in [6.45, 7) is 8.15. The Hall–Kier alpha value is -1.33. The van der Waals surface area contributed by atoms with E-state index in [-0.39, 0.29) is 11.2 Å². The highest BCUT2D eigenvalue weighted by Crippen LogP contribution is 2.36. The second-order valence-electron chi connectivity index (χ2n) is 5.73. The maximum atomic E-state index is 5.96. The average Bonchev–Trinajstić information content (AvgIpc) is 2.78. The van der Waals surface area contributed by atoms with Gasteiger partial charge in [-0.25, -0.2) is 4.98 Å². The first-order valence-electron chi connectivity index (χ1n) is 6.19. The predicted molar refractivity (Wildman–Crippen MR) is 71.8 cm³/mol. The van der Waals surface area contributed by atoms with E-state index >= 15 is 0 Å². The lowest BCUT2D eigenvalue weighted by atomic mass is 9.89. The van der Waals surface area contributed by atoms with Crippen LogP contribution in [0.1, 0.15) is 27.7 Å². The minimum Gasteiger partial charge on any atom is -0.397 e. The smallest absolute Gasteiger partial charge is 0.397 e. The van der Waals surface area contributed by atoms with Crippen LogP contribution in [0.3, 0.4) is 0 Å². The number of rotatable bonds is 1. The number of aromatic nitrogens is 2. The van der Waals surface area contributed by atoms with E-state index in [1.54, 1.807) is 0 Å². The summed E-state index contributed by atoms with van der Waals surface area (Å²) < 4.78 is 11.9. The summed E-state index contributed by atoms with van der Waals surface area (Å²) in [5.74, 6) is 0. The van der Waals surface area contributed by atoms with E-state index in [1.807, 2.05) is 52.0 Å². The maximum Gasteiger partial charge on any atom is 0.532 e. The van der Waals surface area contributed by atoms with Crippen molar-refractivity contribution in [3.05, 3.63) is 24.3 Å². The fraction of sp³-hybridized carbons (Fsp3) is 0.462. The van der Waals surface area contributed by atoms with E-state index in [4.69, 9.17) is 9.31 Å². The molecule has 0 saturated carbocycles. The number of hydrogen-bond donors (Lipinski definition) is 1. The summed E-state index contributed by atoms with van der Waals surface area (Å²) in [4.78, 5) is 7.77. The van der Waals surface area contributed by atoms with Crippen LogP contribution in [0.25, 0.3) is 11.0 Å². The molecule has 94 valence electrons. The van der Waals surface area contributed by atoms with Crippen LogP contribution in [0, 0.1) is 0 Å². The minimum atomic E-state index is -0.428. The third-order valence-corrected chi connectivity index (χ3v) is 3.88. The summed E-state index contributed by atoms with van der Waals surface area (Å²) >= 11 is 0. The number of nitrogens with zero attached hydrogens (tertiary/aromatic N) is 1. The molecule has 18 heavy (non-hydrogen) atoms. The third kappa shape index (κ3) is 1.66. The van der Waals surface area contributed by atoms with Gasteiger partial charge in [0.1, 0.15) is 5.72 Å². The van der Waals surface area contributed by atoms with Crippen LogP contribution < -0.4 is 5.72 Å². The molecule has 2 heterocycles. The zero-order valence-electron chi connectivity index (χ0n) is 11.2. The number of H-pyrrole nitrogens is 1. The minimum absolute atomic E-state index is 0.337. The van der Waals surface area contributed by atoms with Gasteiger partial charge in [0, 0.05) is 0 Å². The molecule has 0 spiro atoms. The number of fused-ring (bicyclic) bond motifs is 1. The molecule has 1 aliphatic rings. The normalized spacial score (nSPS) is 21.7. The van der Waals surface area contributed by atoms with E-state index in [0.29, 0.717) is 0 Å². The Morgan fingerprint density at radius 2 is 1.67 bits per heavy atom. The molecule has 1 aliphatic heterocycles. The fourth-order valence-electron chi connectivity index (χ4n) is 2.04. The van der Waals surface area contributed by atoms with Gasteiger partial charge in [0.2, 0.25) is 0 Å². The predicted octanol–water partition coefficient (Wildman–Crippen LogP) is 1.86. The molecular formula is C13H17BN2O2. The molecule has 1 N–H and O–H groups in total. The van der Waals surface area contributed by atoms with Crippen LogP contribution in [-0.2, 0) is 9.31 Å². The largest absolute Gasteiger partial charge is 0.532 e. The highest BCUT2D eigenvalue weighted by molar-refractivity contribution is 6.60. The molecule has 1 fully saturated rings. The topological polar surface area (TPSA) is 47.1 Å². The molecule has 4 nitrogen and oxygen atoms in total. The Morgan fingerprint density at radius 1 is 1.06 bits per heavy atom. The van der Waals surface area contributed by atoms with Crippen LogP contribution in [0.15, 0.2) is 24.3 Å². The van der Waals surface area contributed by atoms with Gasteiger partial charge in [0.15, 0.2) is 0 Å². The van der Waals surface area contributed by atoms with Gasteiger partial charge >= 0.3 is 7.12 Å². The van der Waals surface area contributed by atoms with Gasteiger partial charge in [0.25, 0.3) is 0 Å². The number of nitrogens with one attached hydrogen (secondary N) is 1. The zero-order chi connectivity index (χ0) is 13.0. The SMILES string of the molecule is CC1(C)OB(c2nc3ccccc3[nH]2)OC1(C)C. The number of para-hydroxylation sites is 2. The molecule has 0 unspecified atom stereocenters. The van der Waals surface area contributed by atoms with Crippen LogP contribution in [0.5, 0.6) is 0 Å². The quantitative estimate of drug-likeness (QED) is 0.779. The number of imidazole rings is 1. The Balaban J connectivity index is 1.97. The van der Waals surface area contributed by atoms with Gasteiger partial charge in [0.05, 0.1) is 22.2 Å². The van der Waals surface area contributed by atoms with Crippen LogP contribution >= 0.6 is 0 Å². The van der Waals surface area contributed by atoms with Crippen molar-refractivity contribution in [1.82, 2.24) is 9.97 Å². The average molecular weight is 244 g/mol. The molecular weight excluding hydrogens is 227 g/mol. The first-order chi connectivity index (χ1) is 8.39. The summed E-state index contributed by atoms with van der Waals surface area (Å²) in [6.07, 6.45) is 0. The molecule has 1 saturated heterocycles. The van der Waals surface area contributed by atoms with Gasteiger partial charge < -0.3 is 14.3 Å². The second-order valence-corrected chi connectivity index (χ2v) is 5.73. The van der Waals surface area contributed by atoms with E-state index in [9.17, 15) is 0 Å². The van der Waals surface area contributed by atoms with Crippen LogP contribution in [0.4, 0.5) is 0 Å². The van der Waals surface area contributed by atoms with Gasteiger partial charge in [-0.2, -0.15) is 0 Å². The lowest BCUT2D eigenvalue weighted by molar-refractivity contribution is 0.00578. The molecule has 0 radical (unpaired) electrons. The van der Waals surface area contributed by atoms with E-state index in [0.717, 1.165) is 16.8 Å². The summed E-state index contributed by atoms with van der Waals surface area (Å²) in [7, 11) is -0.428.